The average molecular weight is 305 g/mol. The van der Waals surface area contributed by atoms with E-state index in [0.29, 0.717) is 25.3 Å². The Morgan fingerprint density at radius 3 is 2.23 bits per heavy atom. The summed E-state index contributed by atoms with van der Waals surface area (Å²) >= 11 is 0. The van der Waals surface area contributed by atoms with E-state index >= 15 is 0 Å². The van der Waals surface area contributed by atoms with Crippen molar-refractivity contribution in [2.24, 2.45) is 11.8 Å². The van der Waals surface area contributed by atoms with E-state index < -0.39 is 5.97 Å². The molecule has 1 aromatic rings. The van der Waals surface area contributed by atoms with Gasteiger partial charge in [-0.15, -0.1) is 0 Å². The molecule has 0 aromatic heterocycles. The molecule has 0 spiro atoms. The summed E-state index contributed by atoms with van der Waals surface area (Å²) in [7, 11) is 0. The van der Waals surface area contributed by atoms with Crippen LogP contribution in [0.1, 0.15) is 44.7 Å². The van der Waals surface area contributed by atoms with Gasteiger partial charge in [-0.3, -0.25) is 9.59 Å². The Labute approximate surface area is 132 Å². The molecule has 0 radical (unpaired) electrons. The molecule has 1 atom stereocenters. The maximum Gasteiger partial charge on any atom is 0.303 e. The van der Waals surface area contributed by atoms with Gasteiger partial charge in [0.15, 0.2) is 0 Å². The zero-order chi connectivity index (χ0) is 16.5. The second-order valence-electron chi connectivity index (χ2n) is 6.42. The molecule has 1 amide bonds. The lowest BCUT2D eigenvalue weighted by Gasteiger charge is -2.10. The number of carboxylic acids is 1. The van der Waals surface area contributed by atoms with E-state index in [1.165, 1.54) is 5.56 Å². The van der Waals surface area contributed by atoms with Crippen LogP contribution in [0.5, 0.6) is 0 Å². The Morgan fingerprint density at radius 1 is 1.09 bits per heavy atom. The van der Waals surface area contributed by atoms with E-state index in [4.69, 9.17) is 5.11 Å². The maximum absolute atomic E-state index is 11.8. The zero-order valence-corrected chi connectivity index (χ0v) is 13.8. The number of hydrogen-bond acceptors (Lipinski definition) is 2. The van der Waals surface area contributed by atoms with Gasteiger partial charge < -0.3 is 10.4 Å². The van der Waals surface area contributed by atoms with Crippen LogP contribution in [0.2, 0.25) is 0 Å². The van der Waals surface area contributed by atoms with Gasteiger partial charge in [-0.05, 0) is 35.8 Å². The molecule has 22 heavy (non-hydrogen) atoms. The van der Waals surface area contributed by atoms with Crippen LogP contribution in [0, 0.1) is 11.8 Å². The van der Waals surface area contributed by atoms with Gasteiger partial charge in [-0.1, -0.05) is 45.0 Å². The highest BCUT2D eigenvalue weighted by Crippen LogP contribution is 2.11. The van der Waals surface area contributed by atoms with Crippen LogP contribution >= 0.6 is 0 Å². The van der Waals surface area contributed by atoms with Crippen molar-refractivity contribution in [3.05, 3.63) is 35.4 Å². The standard InChI is InChI=1S/C18H27NO3/c1-13(2)10-16-6-4-15(5-7-16)8-9-17(20)19-12-14(3)11-18(21)22/h4-7,13-14H,8-12H2,1-3H3,(H,19,20)(H,21,22). The molecule has 0 aliphatic carbocycles. The van der Waals surface area contributed by atoms with Gasteiger partial charge in [0.25, 0.3) is 0 Å². The van der Waals surface area contributed by atoms with Crippen molar-refractivity contribution in [3.8, 4) is 0 Å². The third-order valence-corrected chi connectivity index (χ3v) is 3.48. The first-order valence-corrected chi connectivity index (χ1v) is 7.93. The van der Waals surface area contributed by atoms with Gasteiger partial charge in [0.1, 0.15) is 0 Å². The third kappa shape index (κ3) is 7.81. The van der Waals surface area contributed by atoms with Crippen molar-refractivity contribution in [1.82, 2.24) is 5.32 Å². The SMILES string of the molecule is CC(C)Cc1ccc(CCC(=O)NCC(C)CC(=O)O)cc1. The molecule has 1 rings (SSSR count). The quantitative estimate of drug-likeness (QED) is 0.737. The summed E-state index contributed by atoms with van der Waals surface area (Å²) < 4.78 is 0. The lowest BCUT2D eigenvalue weighted by atomic mass is 10.0. The number of rotatable bonds is 9. The van der Waals surface area contributed by atoms with E-state index in [2.05, 4.69) is 43.4 Å². The highest BCUT2D eigenvalue weighted by atomic mass is 16.4. The lowest BCUT2D eigenvalue weighted by molar-refractivity contribution is -0.138. The summed E-state index contributed by atoms with van der Waals surface area (Å²) in [6.07, 6.45) is 2.30. The number of benzene rings is 1. The fraction of sp³-hybridized carbons (Fsp3) is 0.556. The molecule has 1 aromatic carbocycles. The minimum absolute atomic E-state index is 0.0245. The molecule has 0 saturated heterocycles. The van der Waals surface area contributed by atoms with Crippen molar-refractivity contribution in [2.75, 3.05) is 6.54 Å². The first kappa shape index (κ1) is 18.2. The molecule has 2 N–H and O–H groups in total. The lowest BCUT2D eigenvalue weighted by Crippen LogP contribution is -2.29. The molecule has 122 valence electrons. The number of carbonyl (C=O) groups is 2. The molecule has 1 unspecified atom stereocenters. The molecule has 4 heteroatoms. The highest BCUT2D eigenvalue weighted by molar-refractivity contribution is 5.76. The summed E-state index contributed by atoms with van der Waals surface area (Å²) in [4.78, 5) is 22.3. The summed E-state index contributed by atoms with van der Waals surface area (Å²) in [5.41, 5.74) is 2.48. The minimum Gasteiger partial charge on any atom is -0.481 e. The minimum atomic E-state index is -0.830. The summed E-state index contributed by atoms with van der Waals surface area (Å²) in [6, 6.07) is 8.42. The van der Waals surface area contributed by atoms with Crippen molar-refractivity contribution < 1.29 is 14.7 Å². The van der Waals surface area contributed by atoms with Gasteiger partial charge in [0, 0.05) is 19.4 Å². The van der Waals surface area contributed by atoms with Crippen molar-refractivity contribution in [3.63, 3.8) is 0 Å². The number of carbonyl (C=O) groups excluding carboxylic acids is 1. The van der Waals surface area contributed by atoms with Gasteiger partial charge >= 0.3 is 5.97 Å². The number of aryl methyl sites for hydroxylation is 1. The Morgan fingerprint density at radius 2 is 1.68 bits per heavy atom. The number of nitrogens with one attached hydrogen (secondary N) is 1. The largest absolute Gasteiger partial charge is 0.481 e. The molecule has 0 aliphatic heterocycles. The predicted octanol–water partition coefficient (Wildman–Crippen LogP) is 3.04. The van der Waals surface area contributed by atoms with E-state index in [0.717, 1.165) is 12.0 Å². The van der Waals surface area contributed by atoms with E-state index in [1.54, 1.807) is 0 Å². The van der Waals surface area contributed by atoms with E-state index in [1.807, 2.05) is 6.92 Å². The molecule has 0 aliphatic rings. The first-order valence-electron chi connectivity index (χ1n) is 7.93. The second kappa shape index (κ2) is 9.23. The monoisotopic (exact) mass is 305 g/mol. The summed E-state index contributed by atoms with van der Waals surface area (Å²) in [6.45, 7) is 6.63. The molecule has 0 heterocycles. The molecule has 0 bridgehead atoms. The van der Waals surface area contributed by atoms with Crippen molar-refractivity contribution in [1.29, 1.82) is 0 Å². The van der Waals surface area contributed by atoms with Crippen molar-refractivity contribution >= 4 is 11.9 Å². The van der Waals surface area contributed by atoms with Crippen LogP contribution < -0.4 is 5.32 Å². The average Bonchev–Trinajstić information content (AvgIpc) is 2.43. The van der Waals surface area contributed by atoms with Gasteiger partial charge in [0.05, 0.1) is 0 Å². The van der Waals surface area contributed by atoms with Crippen LogP contribution in [0.4, 0.5) is 0 Å². The Kier molecular flexibility index (Phi) is 7.64. The normalized spacial score (nSPS) is 12.2. The third-order valence-electron chi connectivity index (χ3n) is 3.48. The van der Waals surface area contributed by atoms with Gasteiger partial charge in [-0.25, -0.2) is 0 Å². The molecular formula is C18H27NO3. The van der Waals surface area contributed by atoms with E-state index in [-0.39, 0.29) is 18.2 Å². The van der Waals surface area contributed by atoms with Crippen LogP contribution in [0.25, 0.3) is 0 Å². The van der Waals surface area contributed by atoms with Gasteiger partial charge in [0.2, 0.25) is 5.91 Å². The fourth-order valence-corrected chi connectivity index (χ4v) is 2.32. The predicted molar refractivity (Wildman–Crippen MR) is 87.7 cm³/mol. The topological polar surface area (TPSA) is 66.4 Å². The van der Waals surface area contributed by atoms with E-state index in [9.17, 15) is 9.59 Å². The Bertz CT molecular complexity index is 480. The summed E-state index contributed by atoms with van der Waals surface area (Å²) in [5, 5.41) is 11.5. The molecule has 0 saturated carbocycles. The second-order valence-corrected chi connectivity index (χ2v) is 6.42. The summed E-state index contributed by atoms with van der Waals surface area (Å²) in [5.74, 6) is -0.257. The maximum atomic E-state index is 11.8. The van der Waals surface area contributed by atoms with Crippen LogP contribution in [0.15, 0.2) is 24.3 Å². The van der Waals surface area contributed by atoms with Crippen LogP contribution in [0.3, 0.4) is 0 Å². The first-order chi connectivity index (χ1) is 10.4. The smallest absolute Gasteiger partial charge is 0.303 e. The number of hydrogen-bond donors (Lipinski definition) is 2. The molecule has 0 fully saturated rings. The molecule has 4 nitrogen and oxygen atoms in total. The van der Waals surface area contributed by atoms with Gasteiger partial charge in [-0.2, -0.15) is 0 Å². The number of carboxylic acid groups (broad SMARTS) is 1. The van der Waals surface area contributed by atoms with Crippen LogP contribution in [-0.2, 0) is 22.4 Å². The fourth-order valence-electron chi connectivity index (χ4n) is 2.32. The number of amides is 1. The highest BCUT2D eigenvalue weighted by Gasteiger charge is 2.09. The Balaban J connectivity index is 2.30. The Hall–Kier alpha value is -1.84. The zero-order valence-electron chi connectivity index (χ0n) is 13.8. The van der Waals surface area contributed by atoms with Crippen molar-refractivity contribution in [2.45, 2.75) is 46.5 Å². The molecular weight excluding hydrogens is 278 g/mol. The van der Waals surface area contributed by atoms with Crippen LogP contribution in [-0.4, -0.2) is 23.5 Å². The number of aliphatic carboxylic acids is 1.